The third-order valence-electron chi connectivity index (χ3n) is 3.04. The number of nitrogens with zero attached hydrogens (tertiary/aromatic N) is 1. The highest BCUT2D eigenvalue weighted by Crippen LogP contribution is 2.19. The highest BCUT2D eigenvalue weighted by molar-refractivity contribution is 6.30. The summed E-state index contributed by atoms with van der Waals surface area (Å²) in [6.45, 7) is -0.223. The van der Waals surface area contributed by atoms with E-state index in [4.69, 9.17) is 16.3 Å². The molecule has 0 saturated carbocycles. The van der Waals surface area contributed by atoms with Gasteiger partial charge in [-0.15, -0.1) is 0 Å². The molecule has 5 nitrogen and oxygen atoms in total. The number of ether oxygens (including phenoxy) is 1. The zero-order valence-corrected chi connectivity index (χ0v) is 12.5. The second-order valence-corrected chi connectivity index (χ2v) is 4.94. The lowest BCUT2D eigenvalue weighted by molar-refractivity contribution is -0.254. The topological polar surface area (TPSA) is 69.7 Å². The zero-order chi connectivity index (χ0) is 16.1. The number of anilines is 1. The van der Waals surface area contributed by atoms with Gasteiger partial charge >= 0.3 is 0 Å². The maximum atomic E-state index is 12.1. The Bertz CT molecular complexity index is 685. The molecule has 6 heteroatoms. The van der Waals surface area contributed by atoms with Crippen LogP contribution in [-0.4, -0.2) is 25.5 Å². The second kappa shape index (κ2) is 6.95. The number of para-hydroxylation sites is 1. The molecule has 2 aromatic rings. The van der Waals surface area contributed by atoms with E-state index in [1.165, 1.54) is 24.1 Å². The van der Waals surface area contributed by atoms with Gasteiger partial charge in [0.1, 0.15) is 5.75 Å². The van der Waals surface area contributed by atoms with E-state index in [1.807, 2.05) is 0 Å². The number of aromatic carboxylic acids is 1. The van der Waals surface area contributed by atoms with Gasteiger partial charge in [-0.1, -0.05) is 29.8 Å². The van der Waals surface area contributed by atoms with Gasteiger partial charge in [0, 0.05) is 17.6 Å². The predicted molar refractivity (Wildman–Crippen MR) is 81.1 cm³/mol. The summed E-state index contributed by atoms with van der Waals surface area (Å²) in [7, 11) is 1.48. The maximum Gasteiger partial charge on any atom is 0.264 e. The van der Waals surface area contributed by atoms with Crippen LogP contribution in [0.4, 0.5) is 5.69 Å². The third kappa shape index (κ3) is 3.77. The van der Waals surface area contributed by atoms with Crippen molar-refractivity contribution < 1.29 is 19.4 Å². The number of hydrogen-bond acceptors (Lipinski definition) is 4. The van der Waals surface area contributed by atoms with Gasteiger partial charge in [0.2, 0.25) is 0 Å². The van der Waals surface area contributed by atoms with Crippen molar-refractivity contribution in [2.75, 3.05) is 18.6 Å². The van der Waals surface area contributed by atoms with Crippen LogP contribution >= 0.6 is 11.6 Å². The van der Waals surface area contributed by atoms with Crippen molar-refractivity contribution in [3.05, 3.63) is 59.1 Å². The number of hydrogen-bond donors (Lipinski definition) is 0. The molecule has 0 aliphatic carbocycles. The van der Waals surface area contributed by atoms with E-state index in [0.29, 0.717) is 10.8 Å². The van der Waals surface area contributed by atoms with Crippen LogP contribution in [0, 0.1) is 0 Å². The fourth-order valence-electron chi connectivity index (χ4n) is 1.85. The van der Waals surface area contributed by atoms with Gasteiger partial charge in [-0.05, 0) is 30.3 Å². The summed E-state index contributed by atoms with van der Waals surface area (Å²) in [4.78, 5) is 24.4. The minimum Gasteiger partial charge on any atom is -0.545 e. The van der Waals surface area contributed by atoms with Crippen LogP contribution in [0.1, 0.15) is 10.4 Å². The van der Waals surface area contributed by atoms with Gasteiger partial charge in [-0.25, -0.2) is 0 Å². The number of carboxylic acids is 1. The Morgan fingerprint density at radius 2 is 1.77 bits per heavy atom. The first-order valence-electron chi connectivity index (χ1n) is 6.44. The first-order chi connectivity index (χ1) is 10.5. The molecule has 0 aliphatic rings. The summed E-state index contributed by atoms with van der Waals surface area (Å²) in [5.41, 5.74) is 0.206. The lowest BCUT2D eigenvalue weighted by Gasteiger charge is -2.21. The molecule has 22 heavy (non-hydrogen) atoms. The molecule has 0 spiro atoms. The van der Waals surface area contributed by atoms with Gasteiger partial charge in [-0.3, -0.25) is 4.79 Å². The van der Waals surface area contributed by atoms with Crippen molar-refractivity contribution in [3.8, 4) is 5.75 Å². The van der Waals surface area contributed by atoms with Crippen LogP contribution in [0.25, 0.3) is 0 Å². The highest BCUT2D eigenvalue weighted by Gasteiger charge is 2.15. The molecular weight excluding hydrogens is 306 g/mol. The SMILES string of the molecule is CN(C(=O)COc1ccc(Cl)cc1)c1ccccc1C(=O)[O-]. The molecule has 0 bridgehead atoms. The molecule has 0 heterocycles. The van der Waals surface area contributed by atoms with Crippen LogP contribution in [-0.2, 0) is 4.79 Å². The van der Waals surface area contributed by atoms with Crippen LogP contribution < -0.4 is 14.7 Å². The fraction of sp³-hybridized carbons (Fsp3) is 0.125. The molecule has 2 aromatic carbocycles. The van der Waals surface area contributed by atoms with E-state index in [2.05, 4.69) is 0 Å². The minimum absolute atomic E-state index is 0.0511. The molecule has 0 atom stereocenters. The standard InChI is InChI=1S/C16H14ClNO4/c1-18(14-5-3-2-4-13(14)16(20)21)15(19)10-22-12-8-6-11(17)7-9-12/h2-9H,10H2,1H3,(H,20,21)/p-1. The number of halogens is 1. The molecule has 0 fully saturated rings. The molecule has 0 aromatic heterocycles. The van der Waals surface area contributed by atoms with E-state index in [0.717, 1.165) is 0 Å². The van der Waals surface area contributed by atoms with Crippen LogP contribution in [0.5, 0.6) is 5.75 Å². The number of benzene rings is 2. The number of carbonyl (C=O) groups excluding carboxylic acids is 2. The minimum atomic E-state index is -1.34. The smallest absolute Gasteiger partial charge is 0.264 e. The summed E-state index contributed by atoms with van der Waals surface area (Å²) in [5.74, 6) is -1.23. The van der Waals surface area contributed by atoms with Gasteiger partial charge < -0.3 is 19.5 Å². The Kier molecular flexibility index (Phi) is 5.01. The zero-order valence-electron chi connectivity index (χ0n) is 11.8. The summed E-state index contributed by atoms with van der Waals surface area (Å²) in [6.07, 6.45) is 0. The van der Waals surface area contributed by atoms with Crippen molar-refractivity contribution in [1.29, 1.82) is 0 Å². The molecule has 0 N–H and O–H groups in total. The van der Waals surface area contributed by atoms with Crippen molar-refractivity contribution >= 4 is 29.2 Å². The van der Waals surface area contributed by atoms with Crippen LogP contribution in [0.15, 0.2) is 48.5 Å². The molecule has 0 saturated heterocycles. The summed E-state index contributed by atoms with van der Waals surface area (Å²) < 4.78 is 5.35. The van der Waals surface area contributed by atoms with Crippen molar-refractivity contribution in [1.82, 2.24) is 0 Å². The lowest BCUT2D eigenvalue weighted by Crippen LogP contribution is -2.34. The summed E-state index contributed by atoms with van der Waals surface area (Å²) >= 11 is 5.76. The van der Waals surface area contributed by atoms with E-state index >= 15 is 0 Å². The van der Waals surface area contributed by atoms with E-state index < -0.39 is 5.97 Å². The van der Waals surface area contributed by atoms with Gasteiger partial charge in [0.15, 0.2) is 6.61 Å². The summed E-state index contributed by atoms with van der Waals surface area (Å²) in [5, 5.41) is 11.6. The summed E-state index contributed by atoms with van der Waals surface area (Å²) in [6, 6.07) is 12.7. The highest BCUT2D eigenvalue weighted by atomic mass is 35.5. The van der Waals surface area contributed by atoms with Crippen molar-refractivity contribution in [3.63, 3.8) is 0 Å². The Morgan fingerprint density at radius 1 is 1.14 bits per heavy atom. The van der Waals surface area contributed by atoms with Gasteiger partial charge in [0.05, 0.1) is 11.7 Å². The molecule has 2 rings (SSSR count). The molecule has 0 unspecified atom stereocenters. The average Bonchev–Trinajstić information content (AvgIpc) is 2.53. The first-order valence-corrected chi connectivity index (χ1v) is 6.82. The molecule has 114 valence electrons. The van der Waals surface area contributed by atoms with Crippen LogP contribution in [0.3, 0.4) is 0 Å². The Hall–Kier alpha value is -2.53. The van der Waals surface area contributed by atoms with Gasteiger partial charge in [-0.2, -0.15) is 0 Å². The number of rotatable bonds is 5. The first kappa shape index (κ1) is 15.9. The third-order valence-corrected chi connectivity index (χ3v) is 3.29. The number of amides is 1. The quantitative estimate of drug-likeness (QED) is 0.842. The average molecular weight is 319 g/mol. The number of likely N-dealkylation sites (N-methyl/N-ethyl adjacent to an activating group) is 1. The van der Waals surface area contributed by atoms with Crippen molar-refractivity contribution in [2.24, 2.45) is 0 Å². The molecule has 1 amide bonds. The van der Waals surface area contributed by atoms with E-state index in [-0.39, 0.29) is 23.8 Å². The number of carbonyl (C=O) groups is 2. The lowest BCUT2D eigenvalue weighted by atomic mass is 10.1. The van der Waals surface area contributed by atoms with Crippen molar-refractivity contribution in [2.45, 2.75) is 0 Å². The number of carboxylic acid groups (broad SMARTS) is 1. The van der Waals surface area contributed by atoms with E-state index in [9.17, 15) is 14.7 Å². The van der Waals surface area contributed by atoms with E-state index in [1.54, 1.807) is 36.4 Å². The second-order valence-electron chi connectivity index (χ2n) is 4.50. The molecule has 0 radical (unpaired) electrons. The fourth-order valence-corrected chi connectivity index (χ4v) is 1.97. The Balaban J connectivity index is 2.06. The maximum absolute atomic E-state index is 12.1. The van der Waals surface area contributed by atoms with Crippen LogP contribution in [0.2, 0.25) is 5.02 Å². The molecular formula is C16H13ClNO4-. The largest absolute Gasteiger partial charge is 0.545 e. The normalized spacial score (nSPS) is 10.1. The molecule has 0 aliphatic heterocycles. The Labute approximate surface area is 132 Å². The Morgan fingerprint density at radius 3 is 2.41 bits per heavy atom. The predicted octanol–water partition coefficient (Wildman–Crippen LogP) is 1.75. The van der Waals surface area contributed by atoms with Gasteiger partial charge in [0.25, 0.3) is 5.91 Å². The monoisotopic (exact) mass is 318 g/mol.